The highest BCUT2D eigenvalue weighted by atomic mass is 16.5. The lowest BCUT2D eigenvalue weighted by molar-refractivity contribution is 0.384. The van der Waals surface area contributed by atoms with Gasteiger partial charge < -0.3 is 15.4 Å². The molecular weight excluding hydrogens is 202 g/mol. The normalized spacial score (nSPS) is 12.4. The molecule has 0 radical (unpaired) electrons. The van der Waals surface area contributed by atoms with Gasteiger partial charge in [-0.25, -0.2) is 4.98 Å². The van der Waals surface area contributed by atoms with Crippen molar-refractivity contribution >= 4 is 0 Å². The predicted molar refractivity (Wildman–Crippen MR) is 65.8 cm³/mol. The standard InChI is InChI=1S/C12H21N3O/c1-4-13-8-9-14-10(2)11-6-5-7-15-12(11)16-3/h5-7,10,13-14H,4,8-9H2,1-3H3. The van der Waals surface area contributed by atoms with Gasteiger partial charge in [0, 0.05) is 30.9 Å². The average Bonchev–Trinajstić information content (AvgIpc) is 2.34. The summed E-state index contributed by atoms with van der Waals surface area (Å²) in [6.07, 6.45) is 1.74. The number of ether oxygens (including phenoxy) is 1. The van der Waals surface area contributed by atoms with Crippen LogP contribution in [0.15, 0.2) is 18.3 Å². The van der Waals surface area contributed by atoms with Crippen molar-refractivity contribution in [1.82, 2.24) is 15.6 Å². The van der Waals surface area contributed by atoms with E-state index in [4.69, 9.17) is 4.74 Å². The first kappa shape index (κ1) is 12.9. The van der Waals surface area contributed by atoms with Crippen LogP contribution in [0, 0.1) is 0 Å². The second kappa shape index (κ2) is 7.19. The number of methoxy groups -OCH3 is 1. The van der Waals surface area contributed by atoms with E-state index in [-0.39, 0.29) is 6.04 Å². The van der Waals surface area contributed by atoms with E-state index in [1.54, 1.807) is 13.3 Å². The van der Waals surface area contributed by atoms with Crippen molar-refractivity contribution in [3.63, 3.8) is 0 Å². The lowest BCUT2D eigenvalue weighted by Gasteiger charge is -2.16. The Hall–Kier alpha value is -1.13. The maximum Gasteiger partial charge on any atom is 0.217 e. The monoisotopic (exact) mass is 223 g/mol. The molecule has 16 heavy (non-hydrogen) atoms. The molecule has 1 heterocycles. The molecule has 1 aromatic heterocycles. The van der Waals surface area contributed by atoms with E-state index in [0.29, 0.717) is 5.88 Å². The molecule has 4 heteroatoms. The highest BCUT2D eigenvalue weighted by Crippen LogP contribution is 2.21. The molecule has 0 saturated carbocycles. The summed E-state index contributed by atoms with van der Waals surface area (Å²) in [5.41, 5.74) is 1.10. The summed E-state index contributed by atoms with van der Waals surface area (Å²) in [5, 5.41) is 6.70. The van der Waals surface area contributed by atoms with Gasteiger partial charge >= 0.3 is 0 Å². The van der Waals surface area contributed by atoms with E-state index in [2.05, 4.69) is 29.5 Å². The third-order valence-corrected chi connectivity index (χ3v) is 2.46. The van der Waals surface area contributed by atoms with Crippen LogP contribution in [0.5, 0.6) is 5.88 Å². The van der Waals surface area contributed by atoms with Crippen molar-refractivity contribution in [2.75, 3.05) is 26.7 Å². The quantitative estimate of drug-likeness (QED) is 0.685. The molecule has 1 aromatic rings. The van der Waals surface area contributed by atoms with Gasteiger partial charge in [-0.1, -0.05) is 13.0 Å². The molecule has 0 fully saturated rings. The molecule has 0 amide bonds. The van der Waals surface area contributed by atoms with Crippen molar-refractivity contribution < 1.29 is 4.74 Å². The summed E-state index contributed by atoms with van der Waals surface area (Å²) in [6, 6.07) is 4.22. The van der Waals surface area contributed by atoms with Crippen LogP contribution < -0.4 is 15.4 Å². The lowest BCUT2D eigenvalue weighted by Crippen LogP contribution is -2.29. The van der Waals surface area contributed by atoms with E-state index in [1.165, 1.54) is 0 Å². The molecule has 0 spiro atoms. The molecule has 2 N–H and O–H groups in total. The molecule has 0 bridgehead atoms. The number of pyridine rings is 1. The minimum Gasteiger partial charge on any atom is -0.481 e. The van der Waals surface area contributed by atoms with Crippen LogP contribution in [0.2, 0.25) is 0 Å². The number of nitrogens with zero attached hydrogens (tertiary/aromatic N) is 1. The van der Waals surface area contributed by atoms with Crippen LogP contribution in [0.25, 0.3) is 0 Å². The second-order valence-electron chi connectivity index (χ2n) is 3.63. The smallest absolute Gasteiger partial charge is 0.217 e. The van der Waals surface area contributed by atoms with E-state index < -0.39 is 0 Å². The number of likely N-dealkylation sites (N-methyl/N-ethyl adjacent to an activating group) is 1. The summed E-state index contributed by atoms with van der Waals surface area (Å²) in [4.78, 5) is 4.18. The number of hydrogen-bond donors (Lipinski definition) is 2. The van der Waals surface area contributed by atoms with E-state index in [9.17, 15) is 0 Å². The zero-order valence-electron chi connectivity index (χ0n) is 10.3. The zero-order valence-corrected chi connectivity index (χ0v) is 10.3. The topological polar surface area (TPSA) is 46.2 Å². The maximum absolute atomic E-state index is 5.23. The van der Waals surface area contributed by atoms with E-state index >= 15 is 0 Å². The van der Waals surface area contributed by atoms with Gasteiger partial charge in [0.15, 0.2) is 0 Å². The fraction of sp³-hybridized carbons (Fsp3) is 0.583. The van der Waals surface area contributed by atoms with Crippen LogP contribution >= 0.6 is 0 Å². The van der Waals surface area contributed by atoms with Crippen molar-refractivity contribution in [1.29, 1.82) is 0 Å². The summed E-state index contributed by atoms with van der Waals surface area (Å²) < 4.78 is 5.23. The molecular formula is C12H21N3O. The predicted octanol–water partition coefficient (Wildman–Crippen LogP) is 1.35. The molecule has 0 aromatic carbocycles. The first-order valence-corrected chi connectivity index (χ1v) is 5.72. The number of nitrogens with one attached hydrogen (secondary N) is 2. The SMILES string of the molecule is CCNCCNC(C)c1cccnc1OC. The van der Waals surface area contributed by atoms with Gasteiger partial charge in [-0.2, -0.15) is 0 Å². The molecule has 0 aliphatic carbocycles. The minimum absolute atomic E-state index is 0.252. The second-order valence-corrected chi connectivity index (χ2v) is 3.63. The molecule has 1 atom stereocenters. The highest BCUT2D eigenvalue weighted by Gasteiger charge is 2.10. The highest BCUT2D eigenvalue weighted by molar-refractivity contribution is 5.28. The van der Waals surface area contributed by atoms with Crippen molar-refractivity contribution in [2.24, 2.45) is 0 Å². The van der Waals surface area contributed by atoms with E-state index in [1.807, 2.05) is 12.1 Å². The van der Waals surface area contributed by atoms with Crippen LogP contribution in [0.3, 0.4) is 0 Å². The van der Waals surface area contributed by atoms with Crippen LogP contribution in [-0.4, -0.2) is 31.7 Å². The number of rotatable bonds is 7. The Bertz CT molecular complexity index is 304. The maximum atomic E-state index is 5.23. The van der Waals surface area contributed by atoms with Gasteiger partial charge in [-0.05, 0) is 19.5 Å². The fourth-order valence-corrected chi connectivity index (χ4v) is 1.57. The Morgan fingerprint density at radius 1 is 1.44 bits per heavy atom. The van der Waals surface area contributed by atoms with Gasteiger partial charge in [0.1, 0.15) is 0 Å². The first-order chi connectivity index (χ1) is 7.79. The van der Waals surface area contributed by atoms with Gasteiger partial charge in [0.2, 0.25) is 5.88 Å². The fourth-order valence-electron chi connectivity index (χ4n) is 1.57. The van der Waals surface area contributed by atoms with Gasteiger partial charge in [-0.15, -0.1) is 0 Å². The molecule has 0 aliphatic rings. The van der Waals surface area contributed by atoms with Crippen LogP contribution in [-0.2, 0) is 0 Å². The summed E-state index contributed by atoms with van der Waals surface area (Å²) in [6.45, 7) is 7.14. The molecule has 4 nitrogen and oxygen atoms in total. The number of aromatic nitrogens is 1. The summed E-state index contributed by atoms with van der Waals surface area (Å²) in [7, 11) is 1.65. The minimum atomic E-state index is 0.252. The first-order valence-electron chi connectivity index (χ1n) is 5.72. The molecule has 0 aliphatic heterocycles. The molecule has 1 unspecified atom stereocenters. The van der Waals surface area contributed by atoms with E-state index in [0.717, 1.165) is 25.2 Å². The Labute approximate surface area is 97.4 Å². The average molecular weight is 223 g/mol. The Morgan fingerprint density at radius 2 is 2.25 bits per heavy atom. The third-order valence-electron chi connectivity index (χ3n) is 2.46. The Morgan fingerprint density at radius 3 is 2.94 bits per heavy atom. The van der Waals surface area contributed by atoms with Crippen molar-refractivity contribution in [2.45, 2.75) is 19.9 Å². The molecule has 1 rings (SSSR count). The van der Waals surface area contributed by atoms with Crippen LogP contribution in [0.4, 0.5) is 0 Å². The third kappa shape index (κ3) is 3.79. The van der Waals surface area contributed by atoms with Gasteiger partial charge in [-0.3, -0.25) is 0 Å². The summed E-state index contributed by atoms with van der Waals surface area (Å²) >= 11 is 0. The van der Waals surface area contributed by atoms with Gasteiger partial charge in [0.05, 0.1) is 7.11 Å². The van der Waals surface area contributed by atoms with Crippen LogP contribution in [0.1, 0.15) is 25.5 Å². The molecule has 90 valence electrons. The summed E-state index contributed by atoms with van der Waals surface area (Å²) in [5.74, 6) is 0.700. The van der Waals surface area contributed by atoms with Crippen molar-refractivity contribution in [3.8, 4) is 5.88 Å². The molecule has 0 saturated heterocycles. The zero-order chi connectivity index (χ0) is 11.8. The Kier molecular flexibility index (Phi) is 5.82. The van der Waals surface area contributed by atoms with Gasteiger partial charge in [0.25, 0.3) is 0 Å². The van der Waals surface area contributed by atoms with Crippen molar-refractivity contribution in [3.05, 3.63) is 23.9 Å². The largest absolute Gasteiger partial charge is 0.481 e. The lowest BCUT2D eigenvalue weighted by atomic mass is 10.1. The Balaban J connectivity index is 2.48. The number of hydrogen-bond acceptors (Lipinski definition) is 4.